The molecule has 3 aromatic heterocycles. The largest absolute Gasteiger partial charge is 0.508 e. The number of carboxylic acid groups (broad SMARTS) is 1. The molecule has 10 nitrogen and oxygen atoms in total. The van der Waals surface area contributed by atoms with Crippen molar-refractivity contribution in [3.05, 3.63) is 75.9 Å². The normalized spacial score (nSPS) is 15.1. The van der Waals surface area contributed by atoms with Gasteiger partial charge < -0.3 is 24.9 Å². The van der Waals surface area contributed by atoms with Crippen molar-refractivity contribution in [2.75, 3.05) is 0 Å². The number of hydrogen-bond acceptors (Lipinski definition) is 6. The van der Waals surface area contributed by atoms with E-state index >= 15 is 0 Å². The maximum Gasteiger partial charge on any atom is 0.326 e. The molecule has 1 saturated carbocycles. The van der Waals surface area contributed by atoms with Crippen LogP contribution in [0.1, 0.15) is 59.6 Å². The highest BCUT2D eigenvalue weighted by Crippen LogP contribution is 2.35. The molecule has 1 aromatic carbocycles. The quantitative estimate of drug-likeness (QED) is 0.310. The van der Waals surface area contributed by atoms with Gasteiger partial charge in [0.25, 0.3) is 11.5 Å². The van der Waals surface area contributed by atoms with Gasteiger partial charge in [0.05, 0.1) is 12.0 Å². The number of furan rings is 1. The van der Waals surface area contributed by atoms with E-state index in [2.05, 4.69) is 15.4 Å². The van der Waals surface area contributed by atoms with E-state index in [1.165, 1.54) is 29.0 Å². The number of carbonyl (C=O) groups is 2. The molecule has 0 bridgehead atoms. The predicted molar refractivity (Wildman–Crippen MR) is 130 cm³/mol. The van der Waals surface area contributed by atoms with Crippen LogP contribution in [0.5, 0.6) is 5.75 Å². The maximum atomic E-state index is 13.6. The summed E-state index contributed by atoms with van der Waals surface area (Å²) in [7, 11) is 0. The zero-order valence-corrected chi connectivity index (χ0v) is 19.4. The Hall–Kier alpha value is -4.34. The molecule has 10 heteroatoms. The molecule has 36 heavy (non-hydrogen) atoms. The Balaban J connectivity index is 1.48. The van der Waals surface area contributed by atoms with Crippen LogP contribution in [0.4, 0.5) is 0 Å². The number of aromatic nitrogens is 3. The number of hydrogen-bond donors (Lipinski definition) is 4. The van der Waals surface area contributed by atoms with E-state index in [1.807, 2.05) is 0 Å². The minimum Gasteiger partial charge on any atom is -0.508 e. The van der Waals surface area contributed by atoms with Crippen LogP contribution < -0.4 is 10.9 Å². The smallest absolute Gasteiger partial charge is 0.326 e. The van der Waals surface area contributed by atoms with Gasteiger partial charge in [0, 0.05) is 18.1 Å². The Morgan fingerprint density at radius 3 is 2.58 bits per heavy atom. The van der Waals surface area contributed by atoms with E-state index in [-0.39, 0.29) is 29.3 Å². The van der Waals surface area contributed by atoms with Crippen molar-refractivity contribution in [1.82, 2.24) is 19.9 Å². The zero-order valence-electron chi connectivity index (χ0n) is 19.4. The lowest BCUT2D eigenvalue weighted by Gasteiger charge is -2.23. The highest BCUT2D eigenvalue weighted by Gasteiger charge is 2.28. The van der Waals surface area contributed by atoms with Gasteiger partial charge >= 0.3 is 5.97 Å². The van der Waals surface area contributed by atoms with Crippen LogP contribution in [0.2, 0.25) is 0 Å². The molecule has 0 unspecified atom stereocenters. The number of benzene rings is 1. The molecule has 186 valence electrons. The first-order chi connectivity index (χ1) is 17.4. The number of aromatic amines is 1. The van der Waals surface area contributed by atoms with E-state index in [9.17, 15) is 24.6 Å². The van der Waals surface area contributed by atoms with E-state index in [0.717, 1.165) is 32.1 Å². The molecule has 3 heterocycles. The predicted octanol–water partition coefficient (Wildman–Crippen LogP) is 3.46. The van der Waals surface area contributed by atoms with Crippen molar-refractivity contribution in [3.63, 3.8) is 0 Å². The number of aromatic hydroxyl groups is 1. The third-order valence-electron chi connectivity index (χ3n) is 6.65. The van der Waals surface area contributed by atoms with Gasteiger partial charge in [0.15, 0.2) is 11.5 Å². The summed E-state index contributed by atoms with van der Waals surface area (Å²) in [5.74, 6) is -1.28. The molecule has 0 aliphatic heterocycles. The first-order valence-corrected chi connectivity index (χ1v) is 11.9. The molecule has 4 aromatic rings. The third kappa shape index (κ3) is 4.61. The van der Waals surface area contributed by atoms with Crippen molar-refractivity contribution in [2.24, 2.45) is 0 Å². The fourth-order valence-corrected chi connectivity index (χ4v) is 4.84. The second-order valence-corrected chi connectivity index (χ2v) is 9.09. The number of rotatable bonds is 7. The number of nitrogens with zero attached hydrogens (tertiary/aromatic N) is 2. The van der Waals surface area contributed by atoms with Crippen LogP contribution in [0.3, 0.4) is 0 Å². The molecule has 1 fully saturated rings. The zero-order chi connectivity index (χ0) is 25.2. The van der Waals surface area contributed by atoms with Gasteiger partial charge in [-0.1, -0.05) is 31.4 Å². The number of nitrogens with one attached hydrogen (secondary N) is 2. The summed E-state index contributed by atoms with van der Waals surface area (Å²) in [5.41, 5.74) is 1.70. The Morgan fingerprint density at radius 2 is 1.92 bits per heavy atom. The standard InChI is InChI=1S/C26H26N4O6/c31-17-10-8-15(9-11-17)13-19(26(34)35)27-24(32)18-14-21-28-23(20-7-4-12-36-20)22(25(33)30(21)29-18)16-5-2-1-3-6-16/h4,7-12,14,16,19,28,31H,1-3,5-6,13H2,(H,27,32)(H,34,35)/t19-/m0/s1. The highest BCUT2D eigenvalue weighted by atomic mass is 16.4. The monoisotopic (exact) mass is 490 g/mol. The average Bonchev–Trinajstić information content (AvgIpc) is 3.56. The minimum absolute atomic E-state index is 0.0160. The third-order valence-corrected chi connectivity index (χ3v) is 6.65. The summed E-state index contributed by atoms with van der Waals surface area (Å²) in [6.45, 7) is 0. The molecule has 4 N–H and O–H groups in total. The lowest BCUT2D eigenvalue weighted by molar-refractivity contribution is -0.139. The minimum atomic E-state index is -1.22. The number of H-pyrrole nitrogens is 1. The van der Waals surface area contributed by atoms with Gasteiger partial charge in [-0.25, -0.2) is 4.79 Å². The molecule has 1 aliphatic rings. The number of aliphatic carboxylic acids is 1. The van der Waals surface area contributed by atoms with Gasteiger partial charge in [0.1, 0.15) is 17.4 Å². The molecule has 1 amide bonds. The molecule has 0 spiro atoms. The summed E-state index contributed by atoms with van der Waals surface area (Å²) >= 11 is 0. The maximum absolute atomic E-state index is 13.6. The lowest BCUT2D eigenvalue weighted by atomic mass is 9.83. The number of fused-ring (bicyclic) bond motifs is 1. The van der Waals surface area contributed by atoms with E-state index < -0.39 is 17.9 Å². The Labute approximate surface area is 205 Å². The van der Waals surface area contributed by atoms with Crippen molar-refractivity contribution >= 4 is 17.5 Å². The molecular formula is C26H26N4O6. The van der Waals surface area contributed by atoms with Crippen LogP contribution in [0.25, 0.3) is 17.1 Å². The highest BCUT2D eigenvalue weighted by molar-refractivity contribution is 5.96. The fourth-order valence-electron chi connectivity index (χ4n) is 4.84. The average molecular weight is 491 g/mol. The molecule has 1 atom stereocenters. The van der Waals surface area contributed by atoms with Crippen LogP contribution in [-0.2, 0) is 11.2 Å². The van der Waals surface area contributed by atoms with Gasteiger partial charge in [-0.2, -0.15) is 9.61 Å². The lowest BCUT2D eigenvalue weighted by Crippen LogP contribution is -2.42. The summed E-state index contributed by atoms with van der Waals surface area (Å²) < 4.78 is 6.76. The number of carboxylic acids is 1. The van der Waals surface area contributed by atoms with E-state index in [1.54, 1.807) is 24.3 Å². The van der Waals surface area contributed by atoms with E-state index in [0.29, 0.717) is 28.2 Å². The molecule has 0 radical (unpaired) electrons. The Bertz CT molecular complexity index is 1450. The number of phenols is 1. The van der Waals surface area contributed by atoms with Crippen LogP contribution >= 0.6 is 0 Å². The molecule has 0 saturated heterocycles. The van der Waals surface area contributed by atoms with Gasteiger partial charge in [-0.05, 0) is 48.6 Å². The summed E-state index contributed by atoms with van der Waals surface area (Å²) in [4.78, 5) is 41.6. The van der Waals surface area contributed by atoms with Gasteiger partial charge in [-0.15, -0.1) is 0 Å². The Kier molecular flexibility index (Phi) is 6.32. The first kappa shape index (κ1) is 23.4. The van der Waals surface area contributed by atoms with Crippen molar-refractivity contribution in [2.45, 2.75) is 50.5 Å². The fraction of sp³-hybridized carbons (Fsp3) is 0.308. The second-order valence-electron chi connectivity index (χ2n) is 9.09. The summed E-state index contributed by atoms with van der Waals surface area (Å²) in [5, 5.41) is 25.8. The van der Waals surface area contributed by atoms with Gasteiger partial charge in [-0.3, -0.25) is 9.59 Å². The SMILES string of the molecule is O=C(N[C@@H](Cc1ccc(O)cc1)C(=O)O)c1cc2[nH]c(-c3ccco3)c(C3CCCCC3)c(=O)n2n1. The van der Waals surface area contributed by atoms with Crippen LogP contribution in [0, 0.1) is 0 Å². The first-order valence-electron chi connectivity index (χ1n) is 11.9. The molecule has 1 aliphatic carbocycles. The Morgan fingerprint density at radius 1 is 1.17 bits per heavy atom. The van der Waals surface area contributed by atoms with Crippen molar-refractivity contribution in [3.8, 4) is 17.2 Å². The molecule has 5 rings (SSSR count). The van der Waals surface area contributed by atoms with Crippen molar-refractivity contribution < 1.29 is 24.2 Å². The molecular weight excluding hydrogens is 464 g/mol. The van der Waals surface area contributed by atoms with Gasteiger partial charge in [0.2, 0.25) is 0 Å². The van der Waals surface area contributed by atoms with Crippen LogP contribution in [-0.4, -0.2) is 42.7 Å². The topological polar surface area (TPSA) is 150 Å². The number of phenolic OH excluding ortho intramolecular Hbond substituents is 1. The van der Waals surface area contributed by atoms with E-state index in [4.69, 9.17) is 4.42 Å². The number of carbonyl (C=O) groups excluding carboxylic acids is 1. The summed E-state index contributed by atoms with van der Waals surface area (Å²) in [6, 6.07) is 9.80. The van der Waals surface area contributed by atoms with Crippen LogP contribution in [0.15, 0.2) is 57.9 Å². The number of amides is 1. The van der Waals surface area contributed by atoms with Crippen molar-refractivity contribution in [1.29, 1.82) is 0 Å². The second kappa shape index (κ2) is 9.73. The summed E-state index contributed by atoms with van der Waals surface area (Å²) in [6.07, 6.45) is 6.52.